The van der Waals surface area contributed by atoms with Gasteiger partial charge in [0.1, 0.15) is 36.8 Å². The normalized spacial score (nSPS) is 30.7. The number of anilines is 1. The minimum absolute atomic E-state index is 0.0438. The Balaban J connectivity index is 1.17. The largest absolute Gasteiger partial charge is 0.425 e. The van der Waals surface area contributed by atoms with Gasteiger partial charge in [-0.2, -0.15) is 29.0 Å². The van der Waals surface area contributed by atoms with E-state index in [1.54, 1.807) is 24.3 Å². The maximum Gasteiger partial charge on any atom is 0.425 e. The fourth-order valence-electron chi connectivity index (χ4n) is 5.67. The van der Waals surface area contributed by atoms with Crippen LogP contribution in [0, 0.1) is 0 Å². The summed E-state index contributed by atoms with van der Waals surface area (Å²) in [5, 5.41) is 30.3. The molecule has 1 unspecified atom stereocenters. The first kappa shape index (κ1) is 30.3. The standard InChI is InChI=1S/C25H31Cl2N5O8PS/c26-15-5-3-4-14(10-15)18-8-9-38-41(35,40-18)13-42(36,37)12-19-20(33)21(34)24(39-19)32-23-17(11-28-32)22(30-25(27)31-23)29-16-6-1-2-7-16/h3-5,10-11,16,18-21,24,33-35H,1-2,6-9,12-13H2,(H,29,30,31)/q+1/t18-,19+,20+,21+,24+,41?/m0/s1. The van der Waals surface area contributed by atoms with E-state index in [0.717, 1.165) is 25.7 Å². The zero-order chi connectivity index (χ0) is 29.6. The van der Waals surface area contributed by atoms with Crippen LogP contribution in [-0.4, -0.2) is 85.5 Å². The van der Waals surface area contributed by atoms with Crippen LogP contribution in [0.3, 0.4) is 0 Å². The molecule has 6 atom stereocenters. The molecular formula is C25H31Cl2N5O8PS+. The first-order valence-electron chi connectivity index (χ1n) is 13.6. The lowest BCUT2D eigenvalue weighted by atomic mass is 10.1. The summed E-state index contributed by atoms with van der Waals surface area (Å²) < 4.78 is 44.7. The topological polar surface area (TPSA) is 178 Å². The molecule has 3 aliphatic rings. The Kier molecular flexibility index (Phi) is 8.66. The van der Waals surface area contributed by atoms with Crippen LogP contribution in [0.25, 0.3) is 11.0 Å². The van der Waals surface area contributed by atoms with Crippen LogP contribution in [0.4, 0.5) is 5.82 Å². The maximum absolute atomic E-state index is 13.2. The SMILES string of the molecule is O=S(=O)(C[C@H]1O[C@@H](n2ncc3c(NC4CCCC4)nc(Cl)nc32)[C@H](O)[C@@H]1O)C[P+]1(O)OCC[C@@H](c2cccc(Cl)c2)O1. The van der Waals surface area contributed by atoms with Gasteiger partial charge < -0.3 is 20.3 Å². The van der Waals surface area contributed by atoms with Crippen molar-refractivity contribution in [1.82, 2.24) is 19.7 Å². The number of benzene rings is 1. The Morgan fingerprint density at radius 1 is 1.12 bits per heavy atom. The molecule has 42 heavy (non-hydrogen) atoms. The molecule has 228 valence electrons. The lowest BCUT2D eigenvalue weighted by Gasteiger charge is -2.27. The molecule has 1 saturated carbocycles. The van der Waals surface area contributed by atoms with Crippen LogP contribution in [0.5, 0.6) is 0 Å². The number of nitrogens with one attached hydrogen (secondary N) is 1. The lowest BCUT2D eigenvalue weighted by Crippen LogP contribution is -2.36. The second-order valence-electron chi connectivity index (χ2n) is 10.8. The van der Waals surface area contributed by atoms with Crippen molar-refractivity contribution >= 4 is 57.8 Å². The second kappa shape index (κ2) is 12.0. The molecule has 3 fully saturated rings. The molecule has 0 radical (unpaired) electrons. The van der Waals surface area contributed by atoms with Gasteiger partial charge >= 0.3 is 7.94 Å². The highest BCUT2D eigenvalue weighted by Gasteiger charge is 2.54. The average molecular weight is 663 g/mol. The fraction of sp³-hybridized carbons (Fsp3) is 0.560. The van der Waals surface area contributed by atoms with Gasteiger partial charge in [0.25, 0.3) is 0 Å². The van der Waals surface area contributed by atoms with E-state index in [-0.39, 0.29) is 23.6 Å². The number of halogens is 2. The molecule has 13 nitrogen and oxygen atoms in total. The summed E-state index contributed by atoms with van der Waals surface area (Å²) in [7, 11) is -7.93. The van der Waals surface area contributed by atoms with Gasteiger partial charge in [0.05, 0.1) is 17.3 Å². The number of aliphatic hydroxyl groups excluding tert-OH is 2. The third-order valence-corrected chi connectivity index (χ3v) is 13.0. The highest BCUT2D eigenvalue weighted by molar-refractivity contribution is 7.98. The zero-order valence-corrected chi connectivity index (χ0v) is 25.5. The average Bonchev–Trinajstić information content (AvgIpc) is 3.65. The van der Waals surface area contributed by atoms with Crippen LogP contribution in [0.2, 0.25) is 10.3 Å². The summed E-state index contributed by atoms with van der Waals surface area (Å²) in [6.07, 6.45) is -0.144. The van der Waals surface area contributed by atoms with E-state index >= 15 is 0 Å². The fourth-order valence-corrected chi connectivity index (χ4v) is 10.8. The van der Waals surface area contributed by atoms with Crippen molar-refractivity contribution in [3.05, 3.63) is 46.3 Å². The van der Waals surface area contributed by atoms with Crippen molar-refractivity contribution in [3.63, 3.8) is 0 Å². The van der Waals surface area contributed by atoms with E-state index in [9.17, 15) is 23.5 Å². The van der Waals surface area contributed by atoms with E-state index in [0.29, 0.717) is 28.2 Å². The van der Waals surface area contributed by atoms with Gasteiger partial charge in [-0.05, 0) is 42.1 Å². The Labute approximate surface area is 252 Å². The summed E-state index contributed by atoms with van der Waals surface area (Å²) in [4.78, 5) is 19.6. The summed E-state index contributed by atoms with van der Waals surface area (Å²) in [6, 6.07) is 7.13. The number of rotatable bonds is 8. The van der Waals surface area contributed by atoms with Crippen molar-refractivity contribution < 1.29 is 37.3 Å². The molecule has 2 aliphatic heterocycles. The van der Waals surface area contributed by atoms with Crippen molar-refractivity contribution in [2.75, 3.05) is 23.2 Å². The molecule has 17 heteroatoms. The Hall–Kier alpha value is -1.71. The number of fused-ring (bicyclic) bond motifs is 1. The van der Waals surface area contributed by atoms with Crippen molar-refractivity contribution in [2.45, 2.75) is 68.8 Å². The molecule has 2 aromatic heterocycles. The molecule has 6 rings (SSSR count). The van der Waals surface area contributed by atoms with E-state index in [4.69, 9.17) is 37.0 Å². The number of hydrogen-bond donors (Lipinski definition) is 4. The number of nitrogens with zero attached hydrogens (tertiary/aromatic N) is 4. The van der Waals surface area contributed by atoms with Gasteiger partial charge in [-0.25, -0.2) is 13.1 Å². The van der Waals surface area contributed by atoms with Crippen molar-refractivity contribution in [1.29, 1.82) is 0 Å². The monoisotopic (exact) mass is 662 g/mol. The molecule has 4 N–H and O–H groups in total. The summed E-state index contributed by atoms with van der Waals surface area (Å²) in [5.74, 6) is -0.210. The van der Waals surface area contributed by atoms with Gasteiger partial charge in [0.15, 0.2) is 21.7 Å². The van der Waals surface area contributed by atoms with Crippen LogP contribution < -0.4 is 5.32 Å². The number of hydrogen-bond acceptors (Lipinski definition) is 12. The van der Waals surface area contributed by atoms with Gasteiger partial charge in [0, 0.05) is 17.5 Å². The van der Waals surface area contributed by atoms with Crippen LogP contribution >= 0.6 is 31.1 Å². The molecule has 4 heterocycles. The molecule has 3 aromatic rings. The lowest BCUT2D eigenvalue weighted by molar-refractivity contribution is -0.0364. The summed E-state index contributed by atoms with van der Waals surface area (Å²) in [6.45, 7) is 0.0920. The quantitative estimate of drug-likeness (QED) is 0.204. The number of aromatic nitrogens is 4. The van der Waals surface area contributed by atoms with Crippen molar-refractivity contribution in [3.8, 4) is 0 Å². The van der Waals surface area contributed by atoms with Gasteiger partial charge in [-0.1, -0.05) is 36.6 Å². The molecule has 0 amide bonds. The summed E-state index contributed by atoms with van der Waals surface area (Å²) >= 11 is 12.3. The maximum atomic E-state index is 13.2. The predicted octanol–water partition coefficient (Wildman–Crippen LogP) is 3.41. The van der Waals surface area contributed by atoms with Crippen LogP contribution in [0.15, 0.2) is 30.5 Å². The van der Waals surface area contributed by atoms with E-state index in [1.807, 2.05) is 0 Å². The van der Waals surface area contributed by atoms with Crippen molar-refractivity contribution in [2.24, 2.45) is 0 Å². The summed E-state index contributed by atoms with van der Waals surface area (Å²) in [5.41, 5.74) is 0.138. The van der Waals surface area contributed by atoms with E-state index < -0.39 is 59.7 Å². The Bertz CT molecular complexity index is 1560. The molecule has 0 bridgehead atoms. The van der Waals surface area contributed by atoms with Gasteiger partial charge in [0.2, 0.25) is 10.8 Å². The van der Waals surface area contributed by atoms with Crippen LogP contribution in [0.1, 0.15) is 50.0 Å². The Morgan fingerprint density at radius 2 is 1.90 bits per heavy atom. The predicted molar refractivity (Wildman–Crippen MR) is 156 cm³/mol. The van der Waals surface area contributed by atoms with E-state index in [1.165, 1.54) is 10.9 Å². The minimum atomic E-state index is -4.11. The van der Waals surface area contributed by atoms with Crippen LogP contribution in [-0.2, 0) is 23.6 Å². The van der Waals surface area contributed by atoms with E-state index in [2.05, 4.69) is 20.4 Å². The molecule has 0 spiro atoms. The molecule has 1 aliphatic carbocycles. The first-order chi connectivity index (χ1) is 20.0. The molecule has 2 saturated heterocycles. The third kappa shape index (κ3) is 6.39. The molecular weight excluding hydrogens is 632 g/mol. The molecule has 1 aromatic carbocycles. The van der Waals surface area contributed by atoms with Gasteiger partial charge in [-0.15, -0.1) is 0 Å². The van der Waals surface area contributed by atoms with Gasteiger partial charge in [-0.3, -0.25) is 0 Å². The second-order valence-corrected chi connectivity index (χ2v) is 16.2. The highest BCUT2D eigenvalue weighted by atomic mass is 35.5. The minimum Gasteiger partial charge on any atom is -0.387 e. The third-order valence-electron chi connectivity index (χ3n) is 7.66. The smallest absolute Gasteiger partial charge is 0.387 e. The number of aliphatic hydroxyl groups is 2. The number of sulfone groups is 1. The number of ether oxygens (including phenoxy) is 1. The highest BCUT2D eigenvalue weighted by Crippen LogP contribution is 2.64. The zero-order valence-electron chi connectivity index (χ0n) is 22.3. The first-order valence-corrected chi connectivity index (χ1v) is 17.9. The Morgan fingerprint density at radius 3 is 2.67 bits per heavy atom.